The Labute approximate surface area is 121 Å². The highest BCUT2D eigenvalue weighted by Gasteiger charge is 2.41. The number of hydrogen-bond donors (Lipinski definition) is 1. The third kappa shape index (κ3) is 2.19. The normalized spacial score (nSPS) is 28.4. The van der Waals surface area contributed by atoms with Crippen molar-refractivity contribution in [2.24, 2.45) is 0 Å². The van der Waals surface area contributed by atoms with Crippen molar-refractivity contribution in [3.8, 4) is 6.07 Å². The van der Waals surface area contributed by atoms with Gasteiger partial charge in [-0.1, -0.05) is 19.1 Å². The van der Waals surface area contributed by atoms with Crippen LogP contribution in [0.1, 0.15) is 43.7 Å². The summed E-state index contributed by atoms with van der Waals surface area (Å²) in [7, 11) is 0. The molecule has 106 valence electrons. The van der Waals surface area contributed by atoms with Crippen molar-refractivity contribution in [1.82, 2.24) is 5.32 Å². The van der Waals surface area contributed by atoms with Gasteiger partial charge in [0, 0.05) is 18.1 Å². The molecule has 2 bridgehead atoms. The third-order valence-corrected chi connectivity index (χ3v) is 4.87. The van der Waals surface area contributed by atoms with Crippen molar-refractivity contribution in [3.05, 3.63) is 29.3 Å². The van der Waals surface area contributed by atoms with Gasteiger partial charge in [0.1, 0.15) is 6.07 Å². The summed E-state index contributed by atoms with van der Waals surface area (Å²) in [6.07, 6.45) is 4.96. The maximum absolute atomic E-state index is 9.47. The Hall–Kier alpha value is -1.53. The predicted octanol–water partition coefficient (Wildman–Crippen LogP) is 2.98. The summed E-state index contributed by atoms with van der Waals surface area (Å²) in [6.45, 7) is 5.27. The molecule has 1 N–H and O–H groups in total. The van der Waals surface area contributed by atoms with Gasteiger partial charge in [-0.2, -0.15) is 5.26 Å². The fourth-order valence-corrected chi connectivity index (χ4v) is 4.04. The summed E-state index contributed by atoms with van der Waals surface area (Å²) < 4.78 is 0. The largest absolute Gasteiger partial charge is 0.364 e. The van der Waals surface area contributed by atoms with Gasteiger partial charge in [0.15, 0.2) is 0 Å². The molecule has 2 atom stereocenters. The van der Waals surface area contributed by atoms with E-state index in [0.717, 1.165) is 23.4 Å². The molecule has 1 aromatic rings. The zero-order chi connectivity index (χ0) is 14.1. The Bertz CT molecular complexity index is 518. The number of nitriles is 1. The van der Waals surface area contributed by atoms with Crippen LogP contribution in [0.3, 0.4) is 0 Å². The second-order valence-corrected chi connectivity index (χ2v) is 6.10. The molecule has 0 aromatic heterocycles. The van der Waals surface area contributed by atoms with Crippen LogP contribution in [0.5, 0.6) is 0 Å². The van der Waals surface area contributed by atoms with E-state index < -0.39 is 0 Å². The number of nitrogens with zero attached hydrogens (tertiary/aromatic N) is 2. The molecular formula is C17H23N3. The predicted molar refractivity (Wildman–Crippen MR) is 81.9 cm³/mol. The quantitative estimate of drug-likeness (QED) is 0.917. The van der Waals surface area contributed by atoms with E-state index in [9.17, 15) is 5.26 Å². The van der Waals surface area contributed by atoms with E-state index in [0.29, 0.717) is 18.1 Å². The number of anilines is 1. The molecule has 2 aliphatic heterocycles. The Morgan fingerprint density at radius 3 is 2.60 bits per heavy atom. The summed E-state index contributed by atoms with van der Waals surface area (Å²) in [5.74, 6) is 0. The van der Waals surface area contributed by atoms with Crippen molar-refractivity contribution in [2.45, 2.75) is 57.7 Å². The molecule has 3 rings (SSSR count). The molecule has 0 aliphatic carbocycles. The lowest BCUT2D eigenvalue weighted by molar-refractivity contribution is 0.361. The SMILES string of the molecule is CCNC1CC2CCC(C1)N2c1cccc(C)c1C#N. The molecule has 2 fully saturated rings. The van der Waals surface area contributed by atoms with Crippen molar-refractivity contribution >= 4 is 5.69 Å². The van der Waals surface area contributed by atoms with Crippen molar-refractivity contribution in [2.75, 3.05) is 11.4 Å². The summed E-state index contributed by atoms with van der Waals surface area (Å²) in [5.41, 5.74) is 3.12. The summed E-state index contributed by atoms with van der Waals surface area (Å²) in [5, 5.41) is 13.1. The van der Waals surface area contributed by atoms with Crippen LogP contribution in [0, 0.1) is 18.3 Å². The molecule has 2 saturated heterocycles. The van der Waals surface area contributed by atoms with Crippen LogP contribution in [-0.2, 0) is 0 Å². The first kappa shape index (κ1) is 13.5. The molecule has 2 aliphatic rings. The second-order valence-electron chi connectivity index (χ2n) is 6.10. The van der Waals surface area contributed by atoms with Gasteiger partial charge in [-0.3, -0.25) is 0 Å². The van der Waals surface area contributed by atoms with Gasteiger partial charge in [0.05, 0.1) is 11.3 Å². The molecule has 0 radical (unpaired) electrons. The number of aryl methyl sites for hydroxylation is 1. The van der Waals surface area contributed by atoms with Crippen LogP contribution in [-0.4, -0.2) is 24.7 Å². The van der Waals surface area contributed by atoms with E-state index in [4.69, 9.17) is 0 Å². The molecular weight excluding hydrogens is 246 g/mol. The topological polar surface area (TPSA) is 39.1 Å². The molecule has 3 heteroatoms. The van der Waals surface area contributed by atoms with Gasteiger partial charge in [-0.05, 0) is 50.8 Å². The minimum Gasteiger partial charge on any atom is -0.364 e. The van der Waals surface area contributed by atoms with E-state index in [-0.39, 0.29) is 0 Å². The van der Waals surface area contributed by atoms with E-state index in [2.05, 4.69) is 35.3 Å². The maximum Gasteiger partial charge on any atom is 0.102 e. The van der Waals surface area contributed by atoms with Crippen LogP contribution in [0.15, 0.2) is 18.2 Å². The molecule has 0 spiro atoms. The van der Waals surface area contributed by atoms with Crippen molar-refractivity contribution < 1.29 is 0 Å². The molecule has 2 unspecified atom stereocenters. The monoisotopic (exact) mass is 269 g/mol. The Kier molecular flexibility index (Phi) is 3.67. The zero-order valence-corrected chi connectivity index (χ0v) is 12.4. The van der Waals surface area contributed by atoms with Gasteiger partial charge in [-0.25, -0.2) is 0 Å². The van der Waals surface area contributed by atoms with E-state index >= 15 is 0 Å². The fraction of sp³-hybridized carbons (Fsp3) is 0.588. The molecule has 0 amide bonds. The number of nitrogens with one attached hydrogen (secondary N) is 1. The summed E-state index contributed by atoms with van der Waals surface area (Å²) in [4.78, 5) is 2.54. The standard InChI is InChI=1S/C17H23N3/c1-3-19-13-9-14-7-8-15(10-13)20(14)17-6-4-5-12(2)16(17)11-18/h4-6,13-15,19H,3,7-10H2,1-2H3. The fourth-order valence-electron chi connectivity index (χ4n) is 4.04. The summed E-state index contributed by atoms with van der Waals surface area (Å²) in [6, 6.07) is 10.5. The van der Waals surface area contributed by atoms with E-state index in [1.807, 2.05) is 13.0 Å². The van der Waals surface area contributed by atoms with Gasteiger partial charge in [0.25, 0.3) is 0 Å². The summed E-state index contributed by atoms with van der Waals surface area (Å²) >= 11 is 0. The molecule has 0 saturated carbocycles. The number of fused-ring (bicyclic) bond motifs is 2. The lowest BCUT2D eigenvalue weighted by Gasteiger charge is -2.41. The minimum absolute atomic E-state index is 0.603. The minimum atomic E-state index is 0.603. The highest BCUT2D eigenvalue weighted by Crippen LogP contribution is 2.41. The highest BCUT2D eigenvalue weighted by molar-refractivity contribution is 5.64. The first-order valence-corrected chi connectivity index (χ1v) is 7.76. The maximum atomic E-state index is 9.47. The molecule has 1 aromatic carbocycles. The third-order valence-electron chi connectivity index (χ3n) is 4.87. The van der Waals surface area contributed by atoms with Crippen molar-refractivity contribution in [3.63, 3.8) is 0 Å². The average molecular weight is 269 g/mol. The second kappa shape index (κ2) is 5.46. The lowest BCUT2D eigenvalue weighted by atomic mass is 9.95. The zero-order valence-electron chi connectivity index (χ0n) is 12.4. The van der Waals surface area contributed by atoms with Crippen LogP contribution in [0.25, 0.3) is 0 Å². The first-order chi connectivity index (χ1) is 9.74. The molecule has 3 nitrogen and oxygen atoms in total. The Morgan fingerprint density at radius 2 is 2.00 bits per heavy atom. The molecule has 2 heterocycles. The smallest absolute Gasteiger partial charge is 0.102 e. The van der Waals surface area contributed by atoms with E-state index in [1.54, 1.807) is 0 Å². The average Bonchev–Trinajstić information content (AvgIpc) is 2.70. The Balaban J connectivity index is 1.90. The number of rotatable bonds is 3. The van der Waals surface area contributed by atoms with E-state index in [1.165, 1.54) is 25.7 Å². The van der Waals surface area contributed by atoms with Gasteiger partial charge in [-0.15, -0.1) is 0 Å². The van der Waals surface area contributed by atoms with Gasteiger partial charge >= 0.3 is 0 Å². The van der Waals surface area contributed by atoms with Gasteiger partial charge < -0.3 is 10.2 Å². The Morgan fingerprint density at radius 1 is 1.30 bits per heavy atom. The molecule has 20 heavy (non-hydrogen) atoms. The number of benzene rings is 1. The van der Waals surface area contributed by atoms with Crippen LogP contribution in [0.2, 0.25) is 0 Å². The van der Waals surface area contributed by atoms with Crippen LogP contribution in [0.4, 0.5) is 5.69 Å². The highest BCUT2D eigenvalue weighted by atomic mass is 15.2. The van der Waals surface area contributed by atoms with Crippen LogP contribution < -0.4 is 10.2 Å². The van der Waals surface area contributed by atoms with Crippen molar-refractivity contribution in [1.29, 1.82) is 5.26 Å². The van der Waals surface area contributed by atoms with Crippen LogP contribution >= 0.6 is 0 Å². The number of hydrogen-bond acceptors (Lipinski definition) is 3. The number of piperidine rings is 1. The van der Waals surface area contributed by atoms with Gasteiger partial charge in [0.2, 0.25) is 0 Å². The first-order valence-electron chi connectivity index (χ1n) is 7.76. The lowest BCUT2D eigenvalue weighted by Crippen LogP contribution is -2.49.